The van der Waals surface area contributed by atoms with Gasteiger partial charge in [-0.1, -0.05) is 0 Å². The van der Waals surface area contributed by atoms with Crippen molar-refractivity contribution >= 4 is 17.5 Å². The molecule has 2 N–H and O–H groups in total. The summed E-state index contributed by atoms with van der Waals surface area (Å²) >= 11 is 0. The molecule has 2 amide bonds. The van der Waals surface area contributed by atoms with E-state index in [9.17, 15) is 27.2 Å². The van der Waals surface area contributed by atoms with E-state index in [1.165, 1.54) is 24.3 Å². The minimum atomic E-state index is -4.66. The first-order valence-corrected chi connectivity index (χ1v) is 7.97. The van der Waals surface area contributed by atoms with E-state index < -0.39 is 34.7 Å². The Morgan fingerprint density at radius 2 is 1.37 bits per heavy atom. The fourth-order valence-electron chi connectivity index (χ4n) is 2.18. The summed E-state index contributed by atoms with van der Waals surface area (Å²) < 4.78 is 51.9. The number of alkyl halides is 3. The molecule has 0 saturated heterocycles. The van der Waals surface area contributed by atoms with Crippen LogP contribution in [0.15, 0.2) is 42.5 Å². The van der Waals surface area contributed by atoms with E-state index in [-0.39, 0.29) is 11.5 Å². The molecule has 2 aromatic carbocycles. The molecule has 27 heavy (non-hydrogen) atoms. The Balaban J connectivity index is 2.16. The fraction of sp³-hybridized carbons (Fsp3) is 0.263. The Morgan fingerprint density at radius 3 is 1.85 bits per heavy atom. The number of hydrogen-bond acceptors (Lipinski definition) is 2. The molecular weight excluding hydrogens is 364 g/mol. The predicted molar refractivity (Wildman–Crippen MR) is 93.0 cm³/mol. The molecule has 0 saturated carbocycles. The lowest BCUT2D eigenvalue weighted by atomic mass is 10.1. The van der Waals surface area contributed by atoms with E-state index in [2.05, 4.69) is 10.6 Å². The van der Waals surface area contributed by atoms with Crippen molar-refractivity contribution in [2.24, 2.45) is 0 Å². The predicted octanol–water partition coefficient (Wildman–Crippen LogP) is 4.63. The van der Waals surface area contributed by atoms with Crippen molar-refractivity contribution in [1.29, 1.82) is 0 Å². The van der Waals surface area contributed by atoms with Gasteiger partial charge < -0.3 is 10.6 Å². The first-order chi connectivity index (χ1) is 12.4. The minimum Gasteiger partial charge on any atom is -0.347 e. The molecule has 0 aliphatic rings. The van der Waals surface area contributed by atoms with E-state index >= 15 is 0 Å². The summed E-state index contributed by atoms with van der Waals surface area (Å²) in [5.74, 6) is -2.12. The zero-order valence-corrected chi connectivity index (χ0v) is 14.9. The Morgan fingerprint density at radius 1 is 0.852 bits per heavy atom. The Hall–Kier alpha value is -2.90. The molecule has 0 aliphatic carbocycles. The van der Waals surface area contributed by atoms with Crippen molar-refractivity contribution in [1.82, 2.24) is 5.32 Å². The second-order valence-electron chi connectivity index (χ2n) is 6.93. The summed E-state index contributed by atoms with van der Waals surface area (Å²) in [6, 6.07) is 7.22. The molecule has 0 fully saturated rings. The highest BCUT2D eigenvalue weighted by Gasteiger charge is 2.31. The van der Waals surface area contributed by atoms with Crippen LogP contribution >= 0.6 is 0 Å². The van der Waals surface area contributed by atoms with Crippen LogP contribution in [0.5, 0.6) is 0 Å². The summed E-state index contributed by atoms with van der Waals surface area (Å²) in [7, 11) is 0. The number of benzene rings is 2. The lowest BCUT2D eigenvalue weighted by molar-refractivity contribution is -0.137. The van der Waals surface area contributed by atoms with Gasteiger partial charge in [-0.25, -0.2) is 4.39 Å². The molecule has 0 bridgehead atoms. The van der Waals surface area contributed by atoms with Gasteiger partial charge in [0.25, 0.3) is 11.8 Å². The Kier molecular flexibility index (Phi) is 5.58. The third kappa shape index (κ3) is 5.54. The highest BCUT2D eigenvalue weighted by Crippen LogP contribution is 2.31. The van der Waals surface area contributed by atoms with Crippen LogP contribution in [-0.2, 0) is 6.18 Å². The van der Waals surface area contributed by atoms with Crippen molar-refractivity contribution in [2.75, 3.05) is 5.32 Å². The average Bonchev–Trinajstić information content (AvgIpc) is 2.54. The number of carbonyl (C=O) groups excluding carboxylic acids is 2. The van der Waals surface area contributed by atoms with Crippen LogP contribution < -0.4 is 10.6 Å². The smallest absolute Gasteiger partial charge is 0.347 e. The van der Waals surface area contributed by atoms with E-state index in [1.54, 1.807) is 0 Å². The Labute approximate surface area is 153 Å². The number of amides is 2. The van der Waals surface area contributed by atoms with Gasteiger partial charge in [0.1, 0.15) is 5.82 Å². The average molecular weight is 382 g/mol. The molecule has 0 heterocycles. The summed E-state index contributed by atoms with van der Waals surface area (Å²) in [4.78, 5) is 24.2. The van der Waals surface area contributed by atoms with Gasteiger partial charge in [-0.05, 0) is 63.2 Å². The van der Waals surface area contributed by atoms with Crippen molar-refractivity contribution in [3.8, 4) is 0 Å². The third-order valence-electron chi connectivity index (χ3n) is 3.44. The van der Waals surface area contributed by atoms with Gasteiger partial charge in [-0.3, -0.25) is 9.59 Å². The van der Waals surface area contributed by atoms with Crippen LogP contribution in [0.4, 0.5) is 23.2 Å². The highest BCUT2D eigenvalue weighted by atomic mass is 19.4. The quantitative estimate of drug-likeness (QED) is 0.761. The number of rotatable bonds is 3. The summed E-state index contributed by atoms with van der Waals surface area (Å²) in [6.07, 6.45) is -4.66. The monoisotopic (exact) mass is 382 g/mol. The molecule has 0 aromatic heterocycles. The topological polar surface area (TPSA) is 58.2 Å². The molecule has 8 heteroatoms. The van der Waals surface area contributed by atoms with E-state index in [0.717, 1.165) is 0 Å². The molecular formula is C19H18F4N2O2. The van der Waals surface area contributed by atoms with E-state index in [1.807, 2.05) is 20.8 Å². The van der Waals surface area contributed by atoms with E-state index in [4.69, 9.17) is 0 Å². The van der Waals surface area contributed by atoms with Gasteiger partial charge in [0, 0.05) is 16.7 Å². The van der Waals surface area contributed by atoms with Gasteiger partial charge in [0.2, 0.25) is 0 Å². The van der Waals surface area contributed by atoms with E-state index in [0.29, 0.717) is 23.8 Å². The van der Waals surface area contributed by atoms with Crippen molar-refractivity contribution in [2.45, 2.75) is 32.5 Å². The van der Waals surface area contributed by atoms with Gasteiger partial charge in [-0.15, -0.1) is 0 Å². The number of nitrogens with one attached hydrogen (secondary N) is 2. The van der Waals surface area contributed by atoms with Crippen LogP contribution in [0.3, 0.4) is 0 Å². The maximum Gasteiger partial charge on any atom is 0.416 e. The number of anilines is 1. The summed E-state index contributed by atoms with van der Waals surface area (Å²) in [5, 5.41) is 4.87. The minimum absolute atomic E-state index is 0.0686. The lowest BCUT2D eigenvalue weighted by Crippen LogP contribution is -2.40. The lowest BCUT2D eigenvalue weighted by Gasteiger charge is -2.20. The SMILES string of the molecule is CC(C)(C)NC(=O)c1ccc(C(=O)Nc2cc(C(F)(F)F)ccc2F)cc1. The van der Waals surface area contributed by atoms with Gasteiger partial charge in [0.05, 0.1) is 11.3 Å². The second kappa shape index (κ2) is 7.38. The highest BCUT2D eigenvalue weighted by molar-refractivity contribution is 6.05. The standard InChI is InChI=1S/C19H18F4N2O2/c1-18(2,3)25-17(27)12-6-4-11(5-7-12)16(26)24-15-10-13(19(21,22)23)8-9-14(15)20/h4-10H,1-3H3,(H,24,26)(H,25,27). The molecule has 144 valence electrons. The van der Waals surface area contributed by atoms with Crippen LogP contribution in [0, 0.1) is 5.82 Å². The fourth-order valence-corrected chi connectivity index (χ4v) is 2.18. The number of halogens is 4. The van der Waals surface area contributed by atoms with Crippen LogP contribution in [0.25, 0.3) is 0 Å². The first-order valence-electron chi connectivity index (χ1n) is 7.97. The van der Waals surface area contributed by atoms with Crippen molar-refractivity contribution < 1.29 is 27.2 Å². The van der Waals surface area contributed by atoms with Gasteiger partial charge in [-0.2, -0.15) is 13.2 Å². The largest absolute Gasteiger partial charge is 0.416 e. The first kappa shape index (κ1) is 20.4. The van der Waals surface area contributed by atoms with Gasteiger partial charge >= 0.3 is 6.18 Å². The maximum atomic E-state index is 13.7. The molecule has 2 aromatic rings. The molecule has 0 atom stereocenters. The van der Waals surface area contributed by atoms with Crippen molar-refractivity contribution in [3.05, 3.63) is 65.0 Å². The van der Waals surface area contributed by atoms with Crippen LogP contribution in [0.1, 0.15) is 47.1 Å². The van der Waals surface area contributed by atoms with Crippen molar-refractivity contribution in [3.63, 3.8) is 0 Å². The molecule has 4 nitrogen and oxygen atoms in total. The third-order valence-corrected chi connectivity index (χ3v) is 3.44. The molecule has 0 unspecified atom stereocenters. The maximum absolute atomic E-state index is 13.7. The normalized spacial score (nSPS) is 11.8. The number of hydrogen-bond donors (Lipinski definition) is 2. The van der Waals surface area contributed by atoms with Crippen LogP contribution in [0.2, 0.25) is 0 Å². The number of carbonyl (C=O) groups is 2. The summed E-state index contributed by atoms with van der Waals surface area (Å²) in [6.45, 7) is 5.45. The van der Waals surface area contributed by atoms with Crippen LogP contribution in [-0.4, -0.2) is 17.4 Å². The Bertz CT molecular complexity index is 853. The molecule has 2 rings (SSSR count). The van der Waals surface area contributed by atoms with Gasteiger partial charge in [0.15, 0.2) is 0 Å². The molecule has 0 radical (unpaired) electrons. The zero-order chi connectivity index (χ0) is 20.4. The summed E-state index contributed by atoms with van der Waals surface area (Å²) in [5.41, 5.74) is -1.71. The molecule has 0 aliphatic heterocycles. The molecule has 0 spiro atoms. The zero-order valence-electron chi connectivity index (χ0n) is 14.9. The second-order valence-corrected chi connectivity index (χ2v) is 6.93.